The molecule has 1 atom stereocenters. The molecule has 154 valence electrons. The number of carbonyl (C=O) groups is 1. The molecule has 0 aliphatic rings. The molecule has 3 N–H and O–H groups in total. The van der Waals surface area contributed by atoms with E-state index in [4.69, 9.17) is 14.9 Å². The predicted molar refractivity (Wildman–Crippen MR) is 116 cm³/mol. The molecule has 3 rings (SSSR count). The molecule has 7 nitrogen and oxygen atoms in total. The summed E-state index contributed by atoms with van der Waals surface area (Å²) in [4.78, 5) is 17.7. The molecule has 0 aliphatic carbocycles. The highest BCUT2D eigenvalue weighted by Gasteiger charge is 2.18. The summed E-state index contributed by atoms with van der Waals surface area (Å²) in [5.74, 6) is 0.554. The molecule has 0 amide bonds. The summed E-state index contributed by atoms with van der Waals surface area (Å²) in [6, 6.07) is 15.7. The summed E-state index contributed by atoms with van der Waals surface area (Å²) < 4.78 is 11.5. The summed E-state index contributed by atoms with van der Waals surface area (Å²) in [5, 5.41) is 8.83. The molecule has 0 saturated carbocycles. The number of aromatic nitrogens is 1. The number of carboxylic acid groups (broad SMARTS) is 1. The van der Waals surface area contributed by atoms with Crippen LogP contribution in [0.4, 0.5) is 6.01 Å². The number of hydrogen-bond donors (Lipinski definition) is 2. The summed E-state index contributed by atoms with van der Waals surface area (Å²) >= 11 is 1.37. The van der Waals surface area contributed by atoms with Crippen LogP contribution in [0.25, 0.3) is 11.1 Å². The van der Waals surface area contributed by atoms with Crippen molar-refractivity contribution >= 4 is 34.8 Å². The first kappa shape index (κ1) is 21.0. The van der Waals surface area contributed by atoms with E-state index in [2.05, 4.69) is 4.98 Å². The Morgan fingerprint density at radius 1 is 1.28 bits per heavy atom. The molecule has 8 heteroatoms. The van der Waals surface area contributed by atoms with Crippen molar-refractivity contribution in [3.63, 3.8) is 0 Å². The van der Waals surface area contributed by atoms with Crippen LogP contribution in [0.15, 0.2) is 52.9 Å². The van der Waals surface area contributed by atoms with Crippen molar-refractivity contribution in [1.29, 1.82) is 0 Å². The van der Waals surface area contributed by atoms with Crippen LogP contribution in [0.1, 0.15) is 5.56 Å². The monoisotopic (exact) mass is 415 g/mol. The summed E-state index contributed by atoms with van der Waals surface area (Å²) in [6.45, 7) is 1.56. The van der Waals surface area contributed by atoms with Crippen LogP contribution in [-0.2, 0) is 11.2 Å². The van der Waals surface area contributed by atoms with Gasteiger partial charge in [0.15, 0.2) is 5.58 Å². The molecule has 3 aromatic rings. The van der Waals surface area contributed by atoms with Crippen LogP contribution < -0.4 is 15.4 Å². The molecule has 0 bridgehead atoms. The Kier molecular flexibility index (Phi) is 7.37. The van der Waals surface area contributed by atoms with E-state index in [1.54, 1.807) is 0 Å². The van der Waals surface area contributed by atoms with Crippen molar-refractivity contribution in [2.24, 2.45) is 5.73 Å². The van der Waals surface area contributed by atoms with E-state index in [9.17, 15) is 9.90 Å². The lowest BCUT2D eigenvalue weighted by atomic mass is 10.1. The zero-order chi connectivity index (χ0) is 20.6. The Morgan fingerprint density at radius 2 is 2.03 bits per heavy atom. The minimum Gasteiger partial charge on any atom is -0.492 e. The Balaban J connectivity index is 1.48. The number of anilines is 1. The van der Waals surface area contributed by atoms with Gasteiger partial charge in [0.1, 0.15) is 23.1 Å². The second kappa shape index (κ2) is 10.2. The van der Waals surface area contributed by atoms with Gasteiger partial charge in [0.2, 0.25) is 0 Å². The highest BCUT2D eigenvalue weighted by molar-refractivity contribution is 8.00. The maximum atomic E-state index is 11.4. The van der Waals surface area contributed by atoms with Crippen molar-refractivity contribution < 1.29 is 19.1 Å². The van der Waals surface area contributed by atoms with E-state index in [-0.39, 0.29) is 0 Å². The van der Waals surface area contributed by atoms with Crippen molar-refractivity contribution in [2.45, 2.75) is 11.7 Å². The molecule has 29 heavy (non-hydrogen) atoms. The predicted octanol–water partition coefficient (Wildman–Crippen LogP) is 3.03. The van der Waals surface area contributed by atoms with Crippen LogP contribution in [0, 0.1) is 0 Å². The number of ether oxygens (including phenoxy) is 1. The van der Waals surface area contributed by atoms with Crippen molar-refractivity contribution in [3.05, 3.63) is 54.1 Å². The third kappa shape index (κ3) is 5.88. The number of rotatable bonds is 11. The molecule has 1 aromatic heterocycles. The van der Waals surface area contributed by atoms with E-state index in [0.717, 1.165) is 22.4 Å². The lowest BCUT2D eigenvalue weighted by Crippen LogP contribution is -2.24. The third-order valence-corrected chi connectivity index (χ3v) is 5.60. The van der Waals surface area contributed by atoms with Gasteiger partial charge in [0.05, 0.1) is 6.54 Å². The summed E-state index contributed by atoms with van der Waals surface area (Å²) in [6.07, 6.45) is 0.459. The Labute approximate surface area is 173 Å². The van der Waals surface area contributed by atoms with Crippen LogP contribution in [0.2, 0.25) is 0 Å². The van der Waals surface area contributed by atoms with Crippen molar-refractivity contribution in [2.75, 3.05) is 37.4 Å². The van der Waals surface area contributed by atoms with E-state index in [1.807, 2.05) is 60.5 Å². The van der Waals surface area contributed by atoms with Gasteiger partial charge in [-0.15, -0.1) is 11.8 Å². The fourth-order valence-corrected chi connectivity index (χ4v) is 3.66. The van der Waals surface area contributed by atoms with Gasteiger partial charge in [-0.1, -0.05) is 24.3 Å². The maximum Gasteiger partial charge on any atom is 0.316 e. The average molecular weight is 416 g/mol. The van der Waals surface area contributed by atoms with Gasteiger partial charge in [-0.25, -0.2) is 0 Å². The molecular formula is C21H25N3O4S. The van der Waals surface area contributed by atoms with Crippen LogP contribution >= 0.6 is 11.8 Å². The smallest absolute Gasteiger partial charge is 0.316 e. The van der Waals surface area contributed by atoms with Crippen LogP contribution in [0.3, 0.4) is 0 Å². The Morgan fingerprint density at radius 3 is 2.72 bits per heavy atom. The zero-order valence-electron chi connectivity index (χ0n) is 16.3. The second-order valence-corrected chi connectivity index (χ2v) is 7.88. The number of oxazole rings is 1. The fourth-order valence-electron chi connectivity index (χ4n) is 2.78. The van der Waals surface area contributed by atoms with Gasteiger partial charge in [-0.2, -0.15) is 4.98 Å². The Hall–Kier alpha value is -2.71. The lowest BCUT2D eigenvalue weighted by molar-refractivity contribution is -0.136. The number of nitrogens with zero attached hydrogens (tertiary/aromatic N) is 2. The lowest BCUT2D eigenvalue weighted by Gasteiger charge is -2.15. The van der Waals surface area contributed by atoms with Crippen LogP contribution in [0.5, 0.6) is 5.75 Å². The number of thioether (sulfide) groups is 1. The number of aliphatic carboxylic acids is 1. The molecule has 1 heterocycles. The first-order chi connectivity index (χ1) is 14.1. The first-order valence-corrected chi connectivity index (χ1v) is 10.4. The maximum absolute atomic E-state index is 11.4. The number of likely N-dealkylation sites (N-methyl/N-ethyl adjacent to an activating group) is 1. The number of para-hydroxylation sites is 2. The summed E-state index contributed by atoms with van der Waals surface area (Å²) in [7, 11) is 1.90. The minimum absolute atomic E-state index is 0.459. The molecular weight excluding hydrogens is 390 g/mol. The molecule has 2 aromatic carbocycles. The Bertz CT molecular complexity index is 896. The highest BCUT2D eigenvalue weighted by Crippen LogP contribution is 2.21. The number of fused-ring (bicyclic) bond motifs is 1. The third-order valence-electron chi connectivity index (χ3n) is 4.36. The quantitative estimate of drug-likeness (QED) is 0.493. The van der Waals surface area contributed by atoms with E-state index in [0.29, 0.717) is 37.9 Å². The van der Waals surface area contributed by atoms with E-state index < -0.39 is 11.2 Å². The van der Waals surface area contributed by atoms with Gasteiger partial charge in [-0.3, -0.25) is 4.79 Å². The average Bonchev–Trinajstić information content (AvgIpc) is 3.16. The first-order valence-electron chi connectivity index (χ1n) is 9.39. The fraction of sp³-hybridized carbons (Fsp3) is 0.333. The van der Waals surface area contributed by atoms with Gasteiger partial charge < -0.3 is 24.9 Å². The molecule has 0 fully saturated rings. The SMILES string of the molecule is CN(CCOc1ccc(CC(SCCN)C(=O)O)cc1)c1nc2ccccc2o1. The largest absolute Gasteiger partial charge is 0.492 e. The number of carboxylic acids is 1. The second-order valence-electron chi connectivity index (χ2n) is 6.57. The van der Waals surface area contributed by atoms with E-state index >= 15 is 0 Å². The normalized spacial score (nSPS) is 12.1. The highest BCUT2D eigenvalue weighted by atomic mass is 32.2. The molecule has 0 radical (unpaired) electrons. The zero-order valence-corrected chi connectivity index (χ0v) is 17.1. The van der Waals surface area contributed by atoms with Gasteiger partial charge >= 0.3 is 5.97 Å². The standard InChI is InChI=1S/C21H25N3O4S/c1-24(21-23-17-4-2-3-5-18(17)28-21)11-12-27-16-8-6-15(7-9-16)14-19(20(25)26)29-13-10-22/h2-9,19H,10-14,22H2,1H3,(H,25,26). The molecule has 0 spiro atoms. The van der Waals surface area contributed by atoms with Gasteiger partial charge in [0, 0.05) is 19.3 Å². The topological polar surface area (TPSA) is 102 Å². The van der Waals surface area contributed by atoms with Gasteiger partial charge in [-0.05, 0) is 36.2 Å². The van der Waals surface area contributed by atoms with Crippen LogP contribution in [-0.4, -0.2) is 53.8 Å². The number of nitrogens with two attached hydrogens (primary N) is 1. The molecule has 1 unspecified atom stereocenters. The van der Waals surface area contributed by atoms with Gasteiger partial charge in [0.25, 0.3) is 6.01 Å². The van der Waals surface area contributed by atoms with Crippen molar-refractivity contribution in [1.82, 2.24) is 4.98 Å². The van der Waals surface area contributed by atoms with Crippen molar-refractivity contribution in [3.8, 4) is 5.75 Å². The summed E-state index contributed by atoms with van der Waals surface area (Å²) in [5.41, 5.74) is 8.02. The molecule has 0 aliphatic heterocycles. The molecule has 0 saturated heterocycles. The number of hydrogen-bond acceptors (Lipinski definition) is 7. The van der Waals surface area contributed by atoms with E-state index in [1.165, 1.54) is 11.8 Å². The number of benzene rings is 2. The minimum atomic E-state index is -0.814.